The van der Waals surface area contributed by atoms with Crippen LogP contribution >= 0.6 is 0 Å². The fourth-order valence-corrected chi connectivity index (χ4v) is 4.51. The van der Waals surface area contributed by atoms with Crippen molar-refractivity contribution >= 4 is 41.3 Å². The van der Waals surface area contributed by atoms with Gasteiger partial charge in [-0.25, -0.2) is 4.98 Å². The van der Waals surface area contributed by atoms with Crippen LogP contribution in [0.2, 0.25) is 0 Å². The number of guanidine groups is 1. The van der Waals surface area contributed by atoms with E-state index in [0.717, 1.165) is 5.56 Å². The summed E-state index contributed by atoms with van der Waals surface area (Å²) in [6.45, 7) is 6.53. The number of Topliss-reactive ketones (excluding diaryl/α,β-unsaturated/α-hetero) is 1. The first-order chi connectivity index (χ1) is 22.3. The normalized spacial score (nSPS) is 13.3. The Balaban J connectivity index is 2.15. The fraction of sp³-hybridized carbons (Fsp3) is 0.484. The molecule has 0 aliphatic heterocycles. The Labute approximate surface area is 273 Å². The molecule has 1 aromatic carbocycles. The second-order valence-electron chi connectivity index (χ2n) is 11.4. The molecule has 0 aliphatic carbocycles. The number of aromatic nitrogens is 2. The number of ketones is 1. The molecule has 256 valence electrons. The van der Waals surface area contributed by atoms with Crippen molar-refractivity contribution in [3.05, 3.63) is 54.1 Å². The number of benzene rings is 1. The summed E-state index contributed by atoms with van der Waals surface area (Å²) in [6, 6.07) is 4.92. The van der Waals surface area contributed by atoms with Gasteiger partial charge in [0, 0.05) is 38.3 Å². The Kier molecular flexibility index (Phi) is 15.6. The highest BCUT2D eigenvalue weighted by molar-refractivity contribution is 6.38. The number of nitrogens with one attached hydrogen (secondary N) is 6. The van der Waals surface area contributed by atoms with Crippen LogP contribution in [0.3, 0.4) is 0 Å². The highest BCUT2D eigenvalue weighted by Crippen LogP contribution is 2.07. The zero-order chi connectivity index (χ0) is 34.9. The molecule has 5 amide bonds. The number of carbonyl (C=O) groups is 6. The van der Waals surface area contributed by atoms with Gasteiger partial charge in [0.05, 0.1) is 12.4 Å². The van der Waals surface area contributed by atoms with E-state index in [1.54, 1.807) is 13.8 Å². The number of amides is 5. The number of carbonyl (C=O) groups excluding carboxylic acids is 6. The highest BCUT2D eigenvalue weighted by Gasteiger charge is 2.32. The van der Waals surface area contributed by atoms with Crippen molar-refractivity contribution in [1.82, 2.24) is 36.6 Å². The van der Waals surface area contributed by atoms with Crippen LogP contribution in [0.25, 0.3) is 0 Å². The van der Waals surface area contributed by atoms with Gasteiger partial charge in [0.1, 0.15) is 18.1 Å². The van der Waals surface area contributed by atoms with E-state index in [9.17, 15) is 28.8 Å². The lowest BCUT2D eigenvalue weighted by Gasteiger charge is -2.26. The van der Waals surface area contributed by atoms with E-state index >= 15 is 0 Å². The van der Waals surface area contributed by atoms with Crippen molar-refractivity contribution < 1.29 is 28.8 Å². The Hall–Kier alpha value is -5.28. The third kappa shape index (κ3) is 13.7. The summed E-state index contributed by atoms with van der Waals surface area (Å²) in [4.78, 5) is 87.8. The molecule has 0 saturated carbocycles. The molecule has 4 atom stereocenters. The lowest BCUT2D eigenvalue weighted by molar-refractivity contribution is -0.140. The molecule has 0 bridgehead atoms. The number of imidazole rings is 1. The monoisotopic (exact) mass is 654 g/mol. The van der Waals surface area contributed by atoms with E-state index in [2.05, 4.69) is 41.5 Å². The van der Waals surface area contributed by atoms with E-state index in [4.69, 9.17) is 11.5 Å². The molecule has 0 unspecified atom stereocenters. The fourth-order valence-electron chi connectivity index (χ4n) is 4.51. The van der Waals surface area contributed by atoms with Crippen molar-refractivity contribution in [2.45, 2.75) is 77.5 Å². The minimum absolute atomic E-state index is 0.0447. The van der Waals surface area contributed by atoms with Gasteiger partial charge in [0.15, 0.2) is 5.96 Å². The molecule has 2 rings (SSSR count). The summed E-state index contributed by atoms with van der Waals surface area (Å²) in [5.74, 6) is -4.60. The van der Waals surface area contributed by atoms with Crippen molar-refractivity contribution in [3.8, 4) is 0 Å². The predicted molar refractivity (Wildman–Crippen MR) is 174 cm³/mol. The smallest absolute Gasteiger partial charge is 0.289 e. The highest BCUT2D eigenvalue weighted by atomic mass is 16.2. The molecule has 0 aliphatic rings. The van der Waals surface area contributed by atoms with Crippen molar-refractivity contribution in [2.24, 2.45) is 22.4 Å². The van der Waals surface area contributed by atoms with Gasteiger partial charge in [-0.1, -0.05) is 44.2 Å². The Morgan fingerprint density at radius 3 is 2.15 bits per heavy atom. The maximum Gasteiger partial charge on any atom is 0.289 e. The van der Waals surface area contributed by atoms with Crippen LogP contribution < -0.4 is 38.1 Å². The quantitative estimate of drug-likeness (QED) is 0.0382. The SMILES string of the molecule is CC(=O)N[C@H](C(=O)N[C@@H](CCCN=C(N)N)C(=O)N[C@@H](Cc1cnc[nH]1)C(=O)N[C@@H](C)C(=O)C(=O)NCCc1ccccc1)C(C)C. The molecule has 0 spiro atoms. The average Bonchev–Trinajstić information content (AvgIpc) is 3.53. The largest absolute Gasteiger partial charge is 0.370 e. The number of aromatic amines is 1. The van der Waals surface area contributed by atoms with Crippen LogP contribution in [0.4, 0.5) is 0 Å². The lowest BCUT2D eigenvalue weighted by Crippen LogP contribution is -2.59. The van der Waals surface area contributed by atoms with Gasteiger partial charge < -0.3 is 43.0 Å². The van der Waals surface area contributed by atoms with Crippen LogP contribution in [0.15, 0.2) is 47.8 Å². The molecule has 1 aromatic heterocycles. The first kappa shape index (κ1) is 37.9. The number of aliphatic imine (C=N–C) groups is 1. The first-order valence-electron chi connectivity index (χ1n) is 15.3. The molecule has 0 saturated heterocycles. The van der Waals surface area contributed by atoms with Crippen LogP contribution in [0.1, 0.15) is 51.8 Å². The average molecular weight is 655 g/mol. The third-order valence-corrected chi connectivity index (χ3v) is 7.02. The number of hydrogen-bond acceptors (Lipinski definition) is 8. The first-order valence-corrected chi connectivity index (χ1v) is 15.3. The molecule has 0 fully saturated rings. The summed E-state index contributed by atoms with van der Waals surface area (Å²) in [5.41, 5.74) is 12.3. The van der Waals surface area contributed by atoms with Crippen LogP contribution in [-0.4, -0.2) is 88.5 Å². The number of hydrogen-bond donors (Lipinski definition) is 8. The molecule has 47 heavy (non-hydrogen) atoms. The van der Waals surface area contributed by atoms with Crippen LogP contribution in [0.5, 0.6) is 0 Å². The number of nitrogens with two attached hydrogens (primary N) is 2. The summed E-state index contributed by atoms with van der Waals surface area (Å²) >= 11 is 0. The number of nitrogens with zero attached hydrogens (tertiary/aromatic N) is 2. The molecule has 10 N–H and O–H groups in total. The Morgan fingerprint density at radius 2 is 1.55 bits per heavy atom. The van der Waals surface area contributed by atoms with Gasteiger partial charge in [-0.15, -0.1) is 0 Å². The van der Waals surface area contributed by atoms with Gasteiger partial charge in [-0.3, -0.25) is 33.8 Å². The van der Waals surface area contributed by atoms with Gasteiger partial charge in [0.25, 0.3) is 5.91 Å². The van der Waals surface area contributed by atoms with E-state index < -0.39 is 59.5 Å². The summed E-state index contributed by atoms with van der Waals surface area (Å²) in [7, 11) is 0. The second kappa shape index (κ2) is 19.3. The van der Waals surface area contributed by atoms with Gasteiger partial charge >= 0.3 is 0 Å². The van der Waals surface area contributed by atoms with Gasteiger partial charge in [0.2, 0.25) is 29.4 Å². The molecule has 16 nitrogen and oxygen atoms in total. The summed E-state index contributed by atoms with van der Waals surface area (Å²) in [5, 5.41) is 13.0. The molecule has 16 heteroatoms. The molecule has 0 radical (unpaired) electrons. The zero-order valence-corrected chi connectivity index (χ0v) is 27.2. The third-order valence-electron chi connectivity index (χ3n) is 7.02. The lowest BCUT2D eigenvalue weighted by atomic mass is 10.0. The van der Waals surface area contributed by atoms with Gasteiger partial charge in [-0.2, -0.15) is 0 Å². The topological polar surface area (TPSA) is 256 Å². The second-order valence-corrected chi connectivity index (χ2v) is 11.4. The van der Waals surface area contributed by atoms with E-state index in [-0.39, 0.29) is 37.8 Å². The Morgan fingerprint density at radius 1 is 0.894 bits per heavy atom. The van der Waals surface area contributed by atoms with E-state index in [1.807, 2.05) is 30.3 Å². The minimum atomic E-state index is -1.23. The van der Waals surface area contributed by atoms with Crippen molar-refractivity contribution in [2.75, 3.05) is 13.1 Å². The predicted octanol–water partition coefficient (Wildman–Crippen LogP) is -1.43. The zero-order valence-electron chi connectivity index (χ0n) is 27.2. The van der Waals surface area contributed by atoms with Crippen molar-refractivity contribution in [1.29, 1.82) is 0 Å². The summed E-state index contributed by atoms with van der Waals surface area (Å²) < 4.78 is 0. The van der Waals surface area contributed by atoms with E-state index in [0.29, 0.717) is 18.5 Å². The van der Waals surface area contributed by atoms with Crippen LogP contribution in [-0.2, 0) is 41.6 Å². The van der Waals surface area contributed by atoms with Crippen LogP contribution in [0, 0.1) is 5.92 Å². The van der Waals surface area contributed by atoms with E-state index in [1.165, 1.54) is 26.4 Å². The number of rotatable bonds is 19. The maximum absolute atomic E-state index is 13.6. The molecular weight excluding hydrogens is 608 g/mol. The molecule has 1 heterocycles. The standard InChI is InChI=1S/C31H46N10O6/c1-18(2)25(39-20(4)42)29(46)40-23(11-8-13-36-31(32)33)27(44)41-24(15-22-16-34-17-37-22)28(45)38-19(3)26(43)30(47)35-14-12-21-9-6-5-7-10-21/h5-7,9-10,16-19,23-25H,8,11-15H2,1-4H3,(H,34,37)(H,35,47)(H,38,45)(H,39,42)(H,40,46)(H,41,44)(H4,32,33,36)/t19-,23-,24-,25-/m0/s1. The molecular formula is C31H46N10O6. The maximum atomic E-state index is 13.6. The minimum Gasteiger partial charge on any atom is -0.370 e. The Bertz CT molecular complexity index is 1380. The van der Waals surface area contributed by atoms with Crippen molar-refractivity contribution in [3.63, 3.8) is 0 Å². The number of H-pyrrole nitrogens is 1. The van der Waals surface area contributed by atoms with Gasteiger partial charge in [-0.05, 0) is 37.7 Å². The molecule has 2 aromatic rings. The summed E-state index contributed by atoms with van der Waals surface area (Å²) in [6.07, 6.45) is 3.73.